The van der Waals surface area contributed by atoms with Crippen molar-refractivity contribution >= 4 is 6.09 Å². The largest absolute Gasteiger partial charge is 0.444 e. The molecule has 0 radical (unpaired) electrons. The average Bonchev–Trinajstić information content (AvgIpc) is 2.58. The molecule has 1 rings (SSSR count). The number of likely N-dealkylation sites (tertiary alicyclic amines) is 1. The van der Waals surface area contributed by atoms with E-state index in [1.54, 1.807) is 11.8 Å². The second-order valence-electron chi connectivity index (χ2n) is 6.73. The number of amides is 1. The van der Waals surface area contributed by atoms with Gasteiger partial charge in [0.25, 0.3) is 0 Å². The first-order valence-electron chi connectivity index (χ1n) is 7.47. The predicted octanol–water partition coefficient (Wildman–Crippen LogP) is 2.56. The van der Waals surface area contributed by atoms with Gasteiger partial charge in [0.05, 0.1) is 18.2 Å². The van der Waals surface area contributed by atoms with E-state index in [9.17, 15) is 9.90 Å². The van der Waals surface area contributed by atoms with Crippen molar-refractivity contribution < 1.29 is 19.4 Å². The van der Waals surface area contributed by atoms with Crippen LogP contribution in [0.5, 0.6) is 0 Å². The molecule has 1 N–H and O–H groups in total. The van der Waals surface area contributed by atoms with Gasteiger partial charge in [0.15, 0.2) is 0 Å². The lowest BCUT2D eigenvalue weighted by atomic mass is 9.98. The Kier molecular flexibility index (Phi) is 5.83. The second-order valence-corrected chi connectivity index (χ2v) is 6.73. The van der Waals surface area contributed by atoms with Crippen LogP contribution in [-0.2, 0) is 9.47 Å². The summed E-state index contributed by atoms with van der Waals surface area (Å²) in [7, 11) is 0. The Morgan fingerprint density at radius 3 is 2.65 bits per heavy atom. The summed E-state index contributed by atoms with van der Waals surface area (Å²) in [4.78, 5) is 13.8. The van der Waals surface area contributed by atoms with Gasteiger partial charge < -0.3 is 14.6 Å². The summed E-state index contributed by atoms with van der Waals surface area (Å²) in [6, 6.07) is -0.339. The first-order valence-corrected chi connectivity index (χ1v) is 7.47. The van der Waals surface area contributed by atoms with Crippen molar-refractivity contribution in [3.05, 3.63) is 0 Å². The van der Waals surface area contributed by atoms with Crippen molar-refractivity contribution in [3.63, 3.8) is 0 Å². The normalized spacial score (nSPS) is 26.9. The summed E-state index contributed by atoms with van der Waals surface area (Å²) in [6.07, 6.45) is 2.23. The summed E-state index contributed by atoms with van der Waals surface area (Å²) in [5.41, 5.74) is -1.44. The molecule has 0 aromatic rings. The third kappa shape index (κ3) is 4.94. The molecule has 5 nitrogen and oxygen atoms in total. The van der Waals surface area contributed by atoms with E-state index in [2.05, 4.69) is 6.92 Å². The Morgan fingerprint density at radius 2 is 2.10 bits per heavy atom. The number of ether oxygens (including phenoxy) is 2. The molecule has 0 spiro atoms. The maximum absolute atomic E-state index is 12.2. The lowest BCUT2D eigenvalue weighted by Crippen LogP contribution is -2.49. The van der Waals surface area contributed by atoms with Gasteiger partial charge in [0.1, 0.15) is 5.60 Å². The van der Waals surface area contributed by atoms with E-state index in [0.29, 0.717) is 26.2 Å². The third-order valence-electron chi connectivity index (χ3n) is 3.50. The van der Waals surface area contributed by atoms with Gasteiger partial charge in [-0.25, -0.2) is 4.79 Å². The fraction of sp³-hybridized carbons (Fsp3) is 0.933. The van der Waals surface area contributed by atoms with E-state index < -0.39 is 11.2 Å². The monoisotopic (exact) mass is 287 g/mol. The molecule has 0 aromatic carbocycles. The number of hydrogen-bond donors (Lipinski definition) is 1. The molecule has 1 aliphatic rings. The lowest BCUT2D eigenvalue weighted by Gasteiger charge is -2.32. The van der Waals surface area contributed by atoms with Crippen molar-refractivity contribution in [1.29, 1.82) is 0 Å². The lowest BCUT2D eigenvalue weighted by molar-refractivity contribution is -0.0363. The highest BCUT2D eigenvalue weighted by Crippen LogP contribution is 2.30. The SMILES string of the molecule is CCCCOC[C@@H]1N(C(=O)OC(C)(C)C)CC[C@@]1(C)O. The topological polar surface area (TPSA) is 59.0 Å². The van der Waals surface area contributed by atoms with E-state index in [-0.39, 0.29) is 12.1 Å². The number of carbonyl (C=O) groups is 1. The number of aliphatic hydroxyl groups is 1. The average molecular weight is 287 g/mol. The molecule has 20 heavy (non-hydrogen) atoms. The fourth-order valence-electron chi connectivity index (χ4n) is 2.25. The van der Waals surface area contributed by atoms with E-state index in [4.69, 9.17) is 9.47 Å². The van der Waals surface area contributed by atoms with Crippen LogP contribution in [0.1, 0.15) is 53.9 Å². The minimum absolute atomic E-state index is 0.339. The van der Waals surface area contributed by atoms with Gasteiger partial charge in [-0.05, 0) is 40.5 Å². The van der Waals surface area contributed by atoms with Crippen LogP contribution in [0.2, 0.25) is 0 Å². The van der Waals surface area contributed by atoms with Gasteiger partial charge in [-0.2, -0.15) is 0 Å². The molecule has 1 amide bonds. The third-order valence-corrected chi connectivity index (χ3v) is 3.50. The molecule has 0 unspecified atom stereocenters. The second kappa shape index (κ2) is 6.76. The molecule has 0 saturated carbocycles. The standard InChI is InChI=1S/C15H29NO4/c1-6-7-10-19-11-12-15(5,18)8-9-16(12)13(17)20-14(2,3)4/h12,18H,6-11H2,1-5H3/t12-,15+/m0/s1. The molecule has 0 aromatic heterocycles. The van der Waals surface area contributed by atoms with Crippen LogP contribution in [0.15, 0.2) is 0 Å². The highest BCUT2D eigenvalue weighted by molar-refractivity contribution is 5.69. The number of carbonyl (C=O) groups excluding carboxylic acids is 1. The highest BCUT2D eigenvalue weighted by atomic mass is 16.6. The molecule has 0 aliphatic carbocycles. The van der Waals surface area contributed by atoms with Gasteiger partial charge in [0.2, 0.25) is 0 Å². The van der Waals surface area contributed by atoms with Crippen LogP contribution >= 0.6 is 0 Å². The minimum atomic E-state index is -0.914. The quantitative estimate of drug-likeness (QED) is 0.790. The zero-order chi connectivity index (χ0) is 15.4. The first kappa shape index (κ1) is 17.2. The van der Waals surface area contributed by atoms with E-state index in [1.807, 2.05) is 20.8 Å². The van der Waals surface area contributed by atoms with Crippen LogP contribution in [-0.4, -0.2) is 53.1 Å². The van der Waals surface area contributed by atoms with E-state index >= 15 is 0 Å². The van der Waals surface area contributed by atoms with Crippen LogP contribution in [0.3, 0.4) is 0 Å². The number of nitrogens with zero attached hydrogens (tertiary/aromatic N) is 1. The highest BCUT2D eigenvalue weighted by Gasteiger charge is 2.46. The smallest absolute Gasteiger partial charge is 0.410 e. The number of rotatable bonds is 5. The number of hydrogen-bond acceptors (Lipinski definition) is 4. The summed E-state index contributed by atoms with van der Waals surface area (Å²) < 4.78 is 11.0. The predicted molar refractivity (Wildman–Crippen MR) is 77.7 cm³/mol. The fourth-order valence-corrected chi connectivity index (χ4v) is 2.25. The molecule has 1 heterocycles. The van der Waals surface area contributed by atoms with Crippen LogP contribution in [0, 0.1) is 0 Å². The maximum Gasteiger partial charge on any atom is 0.410 e. The molecule has 5 heteroatoms. The van der Waals surface area contributed by atoms with Gasteiger partial charge in [-0.15, -0.1) is 0 Å². The first-order chi connectivity index (χ1) is 9.17. The molecule has 2 atom stereocenters. The van der Waals surface area contributed by atoms with Crippen LogP contribution in [0.25, 0.3) is 0 Å². The van der Waals surface area contributed by atoms with Gasteiger partial charge in [-0.1, -0.05) is 13.3 Å². The Balaban J connectivity index is 2.62. The van der Waals surface area contributed by atoms with Gasteiger partial charge >= 0.3 is 6.09 Å². The van der Waals surface area contributed by atoms with Crippen molar-refractivity contribution in [2.24, 2.45) is 0 Å². The Morgan fingerprint density at radius 1 is 1.45 bits per heavy atom. The molecule has 1 fully saturated rings. The van der Waals surface area contributed by atoms with Gasteiger partial charge in [0, 0.05) is 13.2 Å². The van der Waals surface area contributed by atoms with Crippen molar-refractivity contribution in [2.75, 3.05) is 19.8 Å². The summed E-state index contributed by atoms with van der Waals surface area (Å²) in [5, 5.41) is 10.4. The zero-order valence-electron chi connectivity index (χ0n) is 13.4. The van der Waals surface area contributed by atoms with Crippen LogP contribution < -0.4 is 0 Å². The minimum Gasteiger partial charge on any atom is -0.444 e. The molecule has 118 valence electrons. The Labute approximate surface area is 122 Å². The van der Waals surface area contributed by atoms with E-state index in [1.165, 1.54) is 0 Å². The molecule has 1 aliphatic heterocycles. The van der Waals surface area contributed by atoms with E-state index in [0.717, 1.165) is 12.8 Å². The summed E-state index contributed by atoms with van der Waals surface area (Å²) >= 11 is 0. The zero-order valence-corrected chi connectivity index (χ0v) is 13.4. The summed E-state index contributed by atoms with van der Waals surface area (Å²) in [5.74, 6) is 0. The van der Waals surface area contributed by atoms with Gasteiger partial charge in [-0.3, -0.25) is 4.90 Å². The number of unbranched alkanes of at least 4 members (excludes halogenated alkanes) is 1. The molecular formula is C15H29NO4. The summed E-state index contributed by atoms with van der Waals surface area (Å²) in [6.45, 7) is 10.9. The molecule has 1 saturated heterocycles. The van der Waals surface area contributed by atoms with Crippen molar-refractivity contribution in [1.82, 2.24) is 4.90 Å². The molecular weight excluding hydrogens is 258 g/mol. The van der Waals surface area contributed by atoms with Crippen molar-refractivity contribution in [2.45, 2.75) is 71.1 Å². The van der Waals surface area contributed by atoms with Crippen molar-refractivity contribution in [3.8, 4) is 0 Å². The maximum atomic E-state index is 12.2. The molecule has 0 bridgehead atoms. The Hall–Kier alpha value is -0.810. The van der Waals surface area contributed by atoms with Crippen LogP contribution in [0.4, 0.5) is 4.79 Å². The Bertz CT molecular complexity index is 322.